The largest absolute Gasteiger partial charge is 0.342 e. The Hall–Kier alpha value is -2.18. The van der Waals surface area contributed by atoms with E-state index in [-0.39, 0.29) is 17.9 Å². The van der Waals surface area contributed by atoms with Gasteiger partial charge in [-0.2, -0.15) is 0 Å². The number of thiophene rings is 1. The van der Waals surface area contributed by atoms with Crippen LogP contribution in [0.1, 0.15) is 35.1 Å². The van der Waals surface area contributed by atoms with Crippen LogP contribution in [0.15, 0.2) is 47.8 Å². The van der Waals surface area contributed by atoms with E-state index in [4.69, 9.17) is 0 Å². The quantitative estimate of drug-likeness (QED) is 0.767. The zero-order valence-electron chi connectivity index (χ0n) is 16.0. The standard InChI is InChI=1S/C21H27N3O2S/c1-3-22(4-2)21(26)19(17-9-6-5-7-10-17)23-12-14-24(15-13-23)20(25)18-11-8-16-27-18/h5-11,16,19H,3-4,12-15H2,1-2H3. The molecule has 1 aliphatic rings. The van der Waals surface area contributed by atoms with Gasteiger partial charge in [-0.25, -0.2) is 0 Å². The smallest absolute Gasteiger partial charge is 0.264 e. The molecule has 1 unspecified atom stereocenters. The van der Waals surface area contributed by atoms with Crippen molar-refractivity contribution in [3.8, 4) is 0 Å². The molecule has 6 heteroatoms. The third-order valence-corrected chi connectivity index (χ3v) is 5.98. The molecule has 0 saturated carbocycles. The summed E-state index contributed by atoms with van der Waals surface area (Å²) in [6.07, 6.45) is 0. The van der Waals surface area contributed by atoms with Crippen molar-refractivity contribution in [3.63, 3.8) is 0 Å². The Bertz CT molecular complexity index is 736. The molecular formula is C21H27N3O2S. The normalized spacial score (nSPS) is 16.1. The van der Waals surface area contributed by atoms with Crippen LogP contribution in [-0.4, -0.2) is 65.8 Å². The highest BCUT2D eigenvalue weighted by atomic mass is 32.1. The van der Waals surface area contributed by atoms with Gasteiger partial charge in [0.25, 0.3) is 5.91 Å². The number of carbonyl (C=O) groups excluding carboxylic acids is 2. The van der Waals surface area contributed by atoms with Gasteiger partial charge in [0.15, 0.2) is 0 Å². The molecular weight excluding hydrogens is 358 g/mol. The van der Waals surface area contributed by atoms with Crippen molar-refractivity contribution < 1.29 is 9.59 Å². The second-order valence-corrected chi connectivity index (χ2v) is 7.58. The van der Waals surface area contributed by atoms with Crippen molar-refractivity contribution in [1.82, 2.24) is 14.7 Å². The van der Waals surface area contributed by atoms with Gasteiger partial charge in [-0.3, -0.25) is 14.5 Å². The zero-order valence-corrected chi connectivity index (χ0v) is 16.8. The molecule has 1 aliphatic heterocycles. The van der Waals surface area contributed by atoms with E-state index in [0.29, 0.717) is 39.3 Å². The maximum atomic E-state index is 13.2. The summed E-state index contributed by atoms with van der Waals surface area (Å²) < 4.78 is 0. The van der Waals surface area contributed by atoms with Crippen LogP contribution in [0.3, 0.4) is 0 Å². The van der Waals surface area contributed by atoms with Crippen LogP contribution < -0.4 is 0 Å². The van der Waals surface area contributed by atoms with E-state index in [1.807, 2.05) is 71.5 Å². The lowest BCUT2D eigenvalue weighted by Crippen LogP contribution is -2.52. The van der Waals surface area contributed by atoms with Crippen LogP contribution in [-0.2, 0) is 4.79 Å². The van der Waals surface area contributed by atoms with E-state index in [0.717, 1.165) is 10.4 Å². The molecule has 2 amide bonds. The van der Waals surface area contributed by atoms with Gasteiger partial charge in [-0.1, -0.05) is 36.4 Å². The molecule has 144 valence electrons. The van der Waals surface area contributed by atoms with Gasteiger partial charge in [0, 0.05) is 39.3 Å². The summed E-state index contributed by atoms with van der Waals surface area (Å²) in [5.41, 5.74) is 1.02. The summed E-state index contributed by atoms with van der Waals surface area (Å²) >= 11 is 1.48. The Balaban J connectivity index is 1.74. The Morgan fingerprint density at radius 1 is 1.00 bits per heavy atom. The number of likely N-dealkylation sites (N-methyl/N-ethyl adjacent to an activating group) is 1. The van der Waals surface area contributed by atoms with Gasteiger partial charge in [-0.05, 0) is 30.9 Å². The monoisotopic (exact) mass is 385 g/mol. The number of amides is 2. The Labute approximate surface area is 165 Å². The first-order chi connectivity index (χ1) is 13.2. The molecule has 0 aliphatic carbocycles. The van der Waals surface area contributed by atoms with E-state index < -0.39 is 0 Å². The van der Waals surface area contributed by atoms with Crippen molar-refractivity contribution in [3.05, 3.63) is 58.3 Å². The molecule has 0 N–H and O–H groups in total. The highest BCUT2D eigenvalue weighted by molar-refractivity contribution is 7.12. The molecule has 27 heavy (non-hydrogen) atoms. The molecule has 2 heterocycles. The van der Waals surface area contributed by atoms with Gasteiger partial charge in [-0.15, -0.1) is 11.3 Å². The molecule has 0 radical (unpaired) electrons. The van der Waals surface area contributed by atoms with Crippen LogP contribution >= 0.6 is 11.3 Å². The minimum atomic E-state index is -0.287. The average molecular weight is 386 g/mol. The lowest BCUT2D eigenvalue weighted by atomic mass is 10.0. The third-order valence-electron chi connectivity index (χ3n) is 5.12. The lowest BCUT2D eigenvalue weighted by Gasteiger charge is -2.40. The van der Waals surface area contributed by atoms with E-state index >= 15 is 0 Å². The number of hydrogen-bond acceptors (Lipinski definition) is 4. The first-order valence-corrected chi connectivity index (χ1v) is 10.4. The predicted octanol–water partition coefficient (Wildman–Crippen LogP) is 3.12. The van der Waals surface area contributed by atoms with Crippen LogP contribution in [0.4, 0.5) is 0 Å². The first-order valence-electron chi connectivity index (χ1n) is 9.56. The summed E-state index contributed by atoms with van der Waals surface area (Å²) in [5, 5.41) is 1.93. The van der Waals surface area contributed by atoms with E-state index in [1.165, 1.54) is 11.3 Å². The van der Waals surface area contributed by atoms with Crippen molar-refractivity contribution in [2.24, 2.45) is 0 Å². The van der Waals surface area contributed by atoms with Crippen LogP contribution in [0.5, 0.6) is 0 Å². The summed E-state index contributed by atoms with van der Waals surface area (Å²) in [7, 11) is 0. The maximum absolute atomic E-state index is 13.2. The van der Waals surface area contributed by atoms with Crippen molar-refractivity contribution in [1.29, 1.82) is 0 Å². The lowest BCUT2D eigenvalue weighted by molar-refractivity contribution is -0.137. The number of nitrogens with zero attached hydrogens (tertiary/aromatic N) is 3. The summed E-state index contributed by atoms with van der Waals surface area (Å²) in [6.45, 7) is 8.12. The van der Waals surface area contributed by atoms with Gasteiger partial charge in [0.2, 0.25) is 5.91 Å². The van der Waals surface area contributed by atoms with Gasteiger partial charge in [0.05, 0.1) is 4.88 Å². The molecule has 2 aromatic rings. The first kappa shape index (κ1) is 19.6. The number of benzene rings is 1. The molecule has 0 bridgehead atoms. The Morgan fingerprint density at radius 3 is 2.22 bits per heavy atom. The summed E-state index contributed by atoms with van der Waals surface area (Å²) in [5.74, 6) is 0.236. The number of carbonyl (C=O) groups is 2. The van der Waals surface area contributed by atoms with E-state index in [2.05, 4.69) is 4.90 Å². The average Bonchev–Trinajstić information content (AvgIpc) is 3.25. The fourth-order valence-electron chi connectivity index (χ4n) is 3.59. The fourth-order valence-corrected chi connectivity index (χ4v) is 4.28. The zero-order chi connectivity index (χ0) is 19.2. The highest BCUT2D eigenvalue weighted by Crippen LogP contribution is 2.25. The van der Waals surface area contributed by atoms with Gasteiger partial charge >= 0.3 is 0 Å². The molecule has 1 saturated heterocycles. The van der Waals surface area contributed by atoms with Crippen molar-refractivity contribution >= 4 is 23.2 Å². The minimum absolute atomic E-state index is 0.0935. The van der Waals surface area contributed by atoms with Crippen molar-refractivity contribution in [2.75, 3.05) is 39.3 Å². The number of rotatable bonds is 6. The van der Waals surface area contributed by atoms with Crippen LogP contribution in [0, 0.1) is 0 Å². The second kappa shape index (κ2) is 9.15. The topological polar surface area (TPSA) is 43.9 Å². The molecule has 5 nitrogen and oxygen atoms in total. The van der Waals surface area contributed by atoms with Crippen LogP contribution in [0.25, 0.3) is 0 Å². The molecule has 0 spiro atoms. The molecule has 1 fully saturated rings. The van der Waals surface area contributed by atoms with Gasteiger partial charge in [0.1, 0.15) is 6.04 Å². The van der Waals surface area contributed by atoms with E-state index in [9.17, 15) is 9.59 Å². The van der Waals surface area contributed by atoms with Crippen LogP contribution in [0.2, 0.25) is 0 Å². The fraction of sp³-hybridized carbons (Fsp3) is 0.429. The molecule has 1 aromatic carbocycles. The SMILES string of the molecule is CCN(CC)C(=O)C(c1ccccc1)N1CCN(C(=O)c2cccs2)CC1. The summed E-state index contributed by atoms with van der Waals surface area (Å²) in [4.78, 5) is 32.6. The molecule has 1 atom stereocenters. The number of hydrogen-bond donors (Lipinski definition) is 0. The van der Waals surface area contributed by atoms with E-state index in [1.54, 1.807) is 0 Å². The predicted molar refractivity (Wildman–Crippen MR) is 109 cm³/mol. The molecule has 3 rings (SSSR count). The summed E-state index contributed by atoms with van der Waals surface area (Å²) in [6, 6.07) is 13.5. The Morgan fingerprint density at radius 2 is 1.67 bits per heavy atom. The van der Waals surface area contributed by atoms with Crippen molar-refractivity contribution in [2.45, 2.75) is 19.9 Å². The molecule has 1 aromatic heterocycles. The van der Waals surface area contributed by atoms with Gasteiger partial charge < -0.3 is 9.80 Å². The number of piperazine rings is 1. The third kappa shape index (κ3) is 4.39. The second-order valence-electron chi connectivity index (χ2n) is 6.63. The highest BCUT2D eigenvalue weighted by Gasteiger charge is 2.33. The Kier molecular flexibility index (Phi) is 6.63. The minimum Gasteiger partial charge on any atom is -0.342 e. The maximum Gasteiger partial charge on any atom is 0.264 e.